The van der Waals surface area contributed by atoms with Crippen LogP contribution in [-0.2, 0) is 31.1 Å². The fraction of sp³-hybridized carbons (Fsp3) is 0.346. The molecule has 4 unspecified atom stereocenters. The normalized spacial score (nSPS) is 27.6. The molecule has 0 bridgehead atoms. The van der Waals surface area contributed by atoms with Crippen LogP contribution in [0.1, 0.15) is 17.5 Å². The summed E-state index contributed by atoms with van der Waals surface area (Å²) >= 11 is 0. The number of benzene rings is 2. The van der Waals surface area contributed by atoms with Gasteiger partial charge in [-0.1, -0.05) is 36.4 Å². The van der Waals surface area contributed by atoms with Gasteiger partial charge in [-0.3, -0.25) is 24.6 Å². The number of para-hydroxylation sites is 2. The summed E-state index contributed by atoms with van der Waals surface area (Å²) < 4.78 is 5.13. The predicted octanol–water partition coefficient (Wildman–Crippen LogP) is 2.17. The number of aromatic nitrogens is 1. The molecule has 0 radical (unpaired) electrons. The summed E-state index contributed by atoms with van der Waals surface area (Å²) in [5.74, 6) is -2.18. The number of aromatic amines is 1. The van der Waals surface area contributed by atoms with E-state index in [0.29, 0.717) is 25.1 Å². The van der Waals surface area contributed by atoms with Crippen LogP contribution in [0.25, 0.3) is 10.9 Å². The number of carbonyl (C=O) groups excluding carboxylic acids is 3. The Bertz CT molecular complexity index is 1320. The Morgan fingerprint density at radius 3 is 2.68 bits per heavy atom. The molecule has 0 saturated carbocycles. The zero-order chi connectivity index (χ0) is 23.4. The van der Waals surface area contributed by atoms with Crippen LogP contribution in [0.2, 0.25) is 0 Å². The SMILES string of the molecule is COCCCN1C(=O)C2C(Cc3c[nH]c4ccccc34)NC3(C(=O)Nc4ccccc43)C2C1=O. The van der Waals surface area contributed by atoms with E-state index in [9.17, 15) is 14.4 Å². The lowest BCUT2D eigenvalue weighted by atomic mass is 9.76. The van der Waals surface area contributed by atoms with Gasteiger partial charge in [0.2, 0.25) is 17.7 Å². The largest absolute Gasteiger partial charge is 0.385 e. The lowest BCUT2D eigenvalue weighted by molar-refractivity contribution is -0.143. The van der Waals surface area contributed by atoms with Crippen LogP contribution >= 0.6 is 0 Å². The van der Waals surface area contributed by atoms with Gasteiger partial charge < -0.3 is 15.0 Å². The summed E-state index contributed by atoms with van der Waals surface area (Å²) in [5, 5.41) is 7.53. The number of H-pyrrole nitrogens is 1. The van der Waals surface area contributed by atoms with Crippen molar-refractivity contribution in [2.24, 2.45) is 11.8 Å². The second kappa shape index (κ2) is 7.78. The number of rotatable bonds is 6. The third-order valence-electron chi connectivity index (χ3n) is 7.56. The van der Waals surface area contributed by atoms with Crippen LogP contribution in [0.15, 0.2) is 54.7 Å². The number of fused-ring (bicyclic) bond motifs is 5. The van der Waals surface area contributed by atoms with Crippen LogP contribution < -0.4 is 10.6 Å². The van der Waals surface area contributed by atoms with E-state index in [0.717, 1.165) is 22.0 Å². The molecule has 3 aromatic rings. The molecule has 0 aliphatic carbocycles. The van der Waals surface area contributed by atoms with Crippen molar-refractivity contribution >= 4 is 34.3 Å². The highest BCUT2D eigenvalue weighted by Crippen LogP contribution is 2.53. The van der Waals surface area contributed by atoms with Crippen molar-refractivity contribution < 1.29 is 19.1 Å². The number of carbonyl (C=O) groups is 3. The average Bonchev–Trinajstić information content (AvgIpc) is 3.55. The minimum atomic E-state index is -1.26. The van der Waals surface area contributed by atoms with Crippen LogP contribution in [0.4, 0.5) is 5.69 Å². The number of ether oxygens (including phenoxy) is 1. The topological polar surface area (TPSA) is 104 Å². The molecule has 3 aliphatic rings. The van der Waals surface area contributed by atoms with Gasteiger partial charge in [0.1, 0.15) is 5.54 Å². The van der Waals surface area contributed by atoms with E-state index < -0.39 is 17.4 Å². The summed E-state index contributed by atoms with van der Waals surface area (Å²) in [5.41, 5.74) is 2.22. The highest BCUT2D eigenvalue weighted by atomic mass is 16.5. The van der Waals surface area contributed by atoms with E-state index in [-0.39, 0.29) is 30.3 Å². The van der Waals surface area contributed by atoms with E-state index >= 15 is 0 Å². The summed E-state index contributed by atoms with van der Waals surface area (Å²) in [6.07, 6.45) is 3.03. The number of nitrogens with one attached hydrogen (secondary N) is 3. The van der Waals surface area contributed by atoms with Gasteiger partial charge in [0.15, 0.2) is 0 Å². The zero-order valence-corrected chi connectivity index (χ0v) is 18.8. The molecule has 8 heteroatoms. The summed E-state index contributed by atoms with van der Waals surface area (Å²) in [4.78, 5) is 45.5. The number of likely N-dealkylation sites (tertiary alicyclic amines) is 1. The number of amides is 3. The molecule has 174 valence electrons. The molecule has 8 nitrogen and oxygen atoms in total. The number of nitrogens with zero attached hydrogens (tertiary/aromatic N) is 1. The molecule has 1 aromatic heterocycles. The van der Waals surface area contributed by atoms with Crippen molar-refractivity contribution in [3.05, 3.63) is 65.9 Å². The first-order chi connectivity index (χ1) is 16.6. The van der Waals surface area contributed by atoms with Crippen molar-refractivity contribution in [1.82, 2.24) is 15.2 Å². The Labute approximate surface area is 196 Å². The van der Waals surface area contributed by atoms with Crippen molar-refractivity contribution in [2.75, 3.05) is 25.6 Å². The minimum Gasteiger partial charge on any atom is -0.385 e. The quantitative estimate of drug-likeness (QED) is 0.388. The smallest absolute Gasteiger partial charge is 0.250 e. The van der Waals surface area contributed by atoms with E-state index in [4.69, 9.17) is 4.74 Å². The standard InChI is InChI=1S/C26H26N4O4/c1-34-12-6-11-30-23(31)21-20(13-15-14-27-18-9-4-2-7-16(15)18)29-26(22(21)24(30)32)17-8-3-5-10-19(17)28-25(26)33/h2-5,7-10,14,20-22,27,29H,6,11-13H2,1H3,(H,28,33). The monoisotopic (exact) mass is 458 g/mol. The van der Waals surface area contributed by atoms with Gasteiger partial charge in [0.25, 0.3) is 0 Å². The molecule has 3 aliphatic heterocycles. The highest BCUT2D eigenvalue weighted by Gasteiger charge is 2.70. The van der Waals surface area contributed by atoms with E-state index in [2.05, 4.69) is 15.6 Å². The first-order valence-electron chi connectivity index (χ1n) is 11.6. The van der Waals surface area contributed by atoms with Crippen molar-refractivity contribution in [1.29, 1.82) is 0 Å². The Hall–Kier alpha value is -3.49. The van der Waals surface area contributed by atoms with Gasteiger partial charge in [-0.15, -0.1) is 0 Å². The number of hydrogen-bond acceptors (Lipinski definition) is 5. The first kappa shape index (κ1) is 21.1. The van der Waals surface area contributed by atoms with Crippen molar-refractivity contribution in [2.45, 2.75) is 24.4 Å². The summed E-state index contributed by atoms with van der Waals surface area (Å²) in [7, 11) is 1.60. The van der Waals surface area contributed by atoms with Crippen LogP contribution in [-0.4, -0.2) is 53.9 Å². The number of hydrogen-bond donors (Lipinski definition) is 3. The van der Waals surface area contributed by atoms with E-state index in [1.54, 1.807) is 7.11 Å². The maximum absolute atomic E-state index is 13.7. The van der Waals surface area contributed by atoms with E-state index in [1.165, 1.54) is 4.90 Å². The number of methoxy groups -OCH3 is 1. The zero-order valence-electron chi connectivity index (χ0n) is 18.8. The molecule has 34 heavy (non-hydrogen) atoms. The van der Waals surface area contributed by atoms with E-state index in [1.807, 2.05) is 54.7 Å². The maximum Gasteiger partial charge on any atom is 0.250 e. The number of imide groups is 1. The molecule has 2 fully saturated rings. The maximum atomic E-state index is 13.7. The molecular weight excluding hydrogens is 432 g/mol. The molecule has 1 spiro atoms. The average molecular weight is 459 g/mol. The second-order valence-corrected chi connectivity index (χ2v) is 9.30. The molecule has 4 atom stereocenters. The van der Waals surface area contributed by atoms with Crippen LogP contribution in [0.3, 0.4) is 0 Å². The van der Waals surface area contributed by atoms with Crippen molar-refractivity contribution in [3.63, 3.8) is 0 Å². The lowest BCUT2D eigenvalue weighted by Gasteiger charge is -2.29. The van der Waals surface area contributed by atoms with Gasteiger partial charge in [-0.25, -0.2) is 0 Å². The minimum absolute atomic E-state index is 0.211. The Balaban J connectivity index is 1.43. The van der Waals surface area contributed by atoms with Crippen LogP contribution in [0, 0.1) is 11.8 Å². The van der Waals surface area contributed by atoms with Gasteiger partial charge >= 0.3 is 0 Å². The Morgan fingerprint density at radius 2 is 1.82 bits per heavy atom. The Kier molecular flexibility index (Phi) is 4.82. The molecule has 6 rings (SSSR count). The van der Waals surface area contributed by atoms with Crippen molar-refractivity contribution in [3.8, 4) is 0 Å². The molecular formula is C26H26N4O4. The lowest BCUT2D eigenvalue weighted by Crippen LogP contribution is -2.53. The first-order valence-corrected chi connectivity index (χ1v) is 11.6. The highest BCUT2D eigenvalue weighted by molar-refractivity contribution is 6.15. The van der Waals surface area contributed by atoms with Gasteiger partial charge in [0, 0.05) is 54.7 Å². The molecule has 3 amide bonds. The third kappa shape index (κ3) is 2.82. The predicted molar refractivity (Wildman–Crippen MR) is 126 cm³/mol. The third-order valence-corrected chi connectivity index (χ3v) is 7.56. The van der Waals surface area contributed by atoms with Crippen LogP contribution in [0.5, 0.6) is 0 Å². The number of anilines is 1. The van der Waals surface area contributed by atoms with Gasteiger partial charge in [0.05, 0.1) is 11.8 Å². The molecule has 2 saturated heterocycles. The van der Waals surface area contributed by atoms with Gasteiger partial charge in [-0.05, 0) is 30.5 Å². The second-order valence-electron chi connectivity index (χ2n) is 9.30. The molecule has 3 N–H and O–H groups in total. The summed E-state index contributed by atoms with van der Waals surface area (Å²) in [6, 6.07) is 15.1. The molecule has 2 aromatic carbocycles. The van der Waals surface area contributed by atoms with Gasteiger partial charge in [-0.2, -0.15) is 0 Å². The fourth-order valence-corrected chi connectivity index (χ4v) is 6.12. The molecule has 4 heterocycles. The Morgan fingerprint density at radius 1 is 1.03 bits per heavy atom. The fourth-order valence-electron chi connectivity index (χ4n) is 6.12. The summed E-state index contributed by atoms with van der Waals surface area (Å²) in [6.45, 7) is 0.746.